The highest BCUT2D eigenvalue weighted by Crippen LogP contribution is 2.49. The Labute approximate surface area is 321 Å². The summed E-state index contributed by atoms with van der Waals surface area (Å²) in [6.07, 6.45) is -2.46. The molecule has 0 radical (unpaired) electrons. The summed E-state index contributed by atoms with van der Waals surface area (Å²) in [7, 11) is 0. The zero-order chi connectivity index (χ0) is 37.7. The number of benzene rings is 5. The predicted molar refractivity (Wildman–Crippen MR) is 200 cm³/mol. The molecule has 16 heteroatoms. The van der Waals surface area contributed by atoms with E-state index in [0.29, 0.717) is 21.3 Å². The maximum absolute atomic E-state index is 14.1. The molecule has 2 amide bonds. The van der Waals surface area contributed by atoms with Crippen molar-refractivity contribution in [2.75, 3.05) is 9.80 Å². The number of nitro groups is 2. The summed E-state index contributed by atoms with van der Waals surface area (Å²) in [5.41, 5.74) is 1.09. The number of ether oxygens (including phenoxy) is 2. The number of anilines is 2. The van der Waals surface area contributed by atoms with Crippen LogP contribution in [0.25, 0.3) is 0 Å². The first-order valence-corrected chi connectivity index (χ1v) is 17.3. The topological polar surface area (TPSA) is 145 Å². The largest absolute Gasteiger partial charge is 0.476 e. The van der Waals surface area contributed by atoms with Gasteiger partial charge in [-0.2, -0.15) is 0 Å². The molecular weight excluding hydrogens is 770 g/mol. The average molecular weight is 794 g/mol. The second-order valence-corrected chi connectivity index (χ2v) is 13.8. The van der Waals surface area contributed by atoms with Crippen LogP contribution in [-0.4, -0.2) is 33.9 Å². The van der Waals surface area contributed by atoms with E-state index in [0.717, 1.165) is 0 Å². The van der Waals surface area contributed by atoms with Gasteiger partial charge in [-0.1, -0.05) is 76.7 Å². The minimum Gasteiger partial charge on any atom is -0.476 e. The number of nitro benzene ring substituents is 2. The van der Waals surface area contributed by atoms with E-state index in [1.807, 2.05) is 0 Å². The Kier molecular flexibility index (Phi) is 9.64. The third-order valence-corrected chi connectivity index (χ3v) is 10.1. The number of hydrogen-bond acceptors (Lipinski definition) is 8. The summed E-state index contributed by atoms with van der Waals surface area (Å²) in [4.78, 5) is 54.0. The van der Waals surface area contributed by atoms with Crippen LogP contribution in [-0.2, 0) is 9.59 Å². The van der Waals surface area contributed by atoms with Gasteiger partial charge in [-0.25, -0.2) is 0 Å². The number of carbonyl (C=O) groups excluding carboxylic acids is 2. The van der Waals surface area contributed by atoms with Gasteiger partial charge in [0.1, 0.15) is 23.6 Å². The van der Waals surface area contributed by atoms with Crippen molar-refractivity contribution in [1.82, 2.24) is 0 Å². The number of rotatable bonds is 10. The lowest BCUT2D eigenvalue weighted by Crippen LogP contribution is -2.62. The van der Waals surface area contributed by atoms with Crippen LogP contribution in [0.1, 0.15) is 28.8 Å². The lowest BCUT2D eigenvalue weighted by molar-refractivity contribution is -0.386. The fourth-order valence-corrected chi connectivity index (χ4v) is 7.45. The number of hydrogen-bond donors (Lipinski definition) is 0. The Balaban J connectivity index is 1.31. The summed E-state index contributed by atoms with van der Waals surface area (Å²) in [5.74, 6) is -0.790. The van der Waals surface area contributed by atoms with Crippen molar-refractivity contribution in [2.45, 2.75) is 31.2 Å². The molecule has 0 aromatic heterocycles. The lowest BCUT2D eigenvalue weighted by Gasteiger charge is -2.48. The summed E-state index contributed by atoms with van der Waals surface area (Å²) in [6, 6.07) is 23.8. The van der Waals surface area contributed by atoms with E-state index in [-0.39, 0.29) is 49.7 Å². The number of amides is 2. The number of nitrogens with zero attached hydrogens (tertiary/aromatic N) is 4. The van der Waals surface area contributed by atoms with Crippen LogP contribution < -0.4 is 19.3 Å². The van der Waals surface area contributed by atoms with Gasteiger partial charge in [0.15, 0.2) is 0 Å². The van der Waals surface area contributed by atoms with E-state index in [9.17, 15) is 29.8 Å². The van der Waals surface area contributed by atoms with E-state index < -0.39 is 46.0 Å². The molecule has 4 unspecified atom stereocenters. The monoisotopic (exact) mass is 792 g/mol. The summed E-state index contributed by atoms with van der Waals surface area (Å²) < 4.78 is 12.2. The Morgan fingerprint density at radius 1 is 0.604 bits per heavy atom. The zero-order valence-electron chi connectivity index (χ0n) is 27.2. The molecule has 268 valence electrons. The Morgan fingerprint density at radius 3 is 1.53 bits per heavy atom. The molecule has 0 bridgehead atoms. The third kappa shape index (κ3) is 6.48. The van der Waals surface area contributed by atoms with Crippen molar-refractivity contribution in [3.8, 4) is 11.5 Å². The number of aryl methyl sites for hydroxylation is 1. The smallest absolute Gasteiger partial charge is 0.274 e. The second kappa shape index (κ2) is 14.2. The molecule has 0 N–H and O–H groups in total. The van der Waals surface area contributed by atoms with E-state index >= 15 is 0 Å². The average Bonchev–Trinajstić information content (AvgIpc) is 3.12. The molecule has 4 atom stereocenters. The first-order valence-electron chi connectivity index (χ1n) is 15.8. The maximum atomic E-state index is 14.1. The Bertz CT molecular complexity index is 2340. The molecule has 2 aliphatic heterocycles. The van der Waals surface area contributed by atoms with E-state index in [4.69, 9.17) is 55.9 Å². The van der Waals surface area contributed by atoms with Gasteiger partial charge in [-0.3, -0.25) is 39.6 Å². The maximum Gasteiger partial charge on any atom is 0.274 e. The minimum atomic E-state index is -1.23. The molecule has 2 aliphatic rings. The van der Waals surface area contributed by atoms with Gasteiger partial charge in [-0.05, 0) is 73.2 Å². The minimum absolute atomic E-state index is 0.136. The van der Waals surface area contributed by atoms with Gasteiger partial charge >= 0.3 is 0 Å². The molecule has 5 aromatic rings. The van der Waals surface area contributed by atoms with Gasteiger partial charge in [-0.15, -0.1) is 0 Å². The van der Waals surface area contributed by atoms with Crippen molar-refractivity contribution in [1.29, 1.82) is 0 Å². The lowest BCUT2D eigenvalue weighted by atomic mass is 9.86. The molecule has 5 aromatic carbocycles. The number of para-hydroxylation sites is 2. The molecule has 2 fully saturated rings. The van der Waals surface area contributed by atoms with Crippen LogP contribution in [0.15, 0.2) is 103 Å². The summed E-state index contributed by atoms with van der Waals surface area (Å²) in [5, 5.41) is 25.3. The van der Waals surface area contributed by atoms with E-state index in [1.165, 1.54) is 82.6 Å². The zero-order valence-corrected chi connectivity index (χ0v) is 30.2. The SMILES string of the molecule is Cc1ccc(N2C(=O)C(Oc3ccc(Cl)cc3Cl)C2c2ccccc2[N+](=O)[O-])cc1N1C(=O)C(Oc2ccc(Cl)cc2Cl)C1c1ccccc1[N+](=O)[O-]. The third-order valence-electron chi connectivity index (χ3n) is 9.02. The molecule has 2 saturated heterocycles. The van der Waals surface area contributed by atoms with Crippen LogP contribution in [0.5, 0.6) is 11.5 Å². The highest BCUT2D eigenvalue weighted by Gasteiger charge is 2.56. The van der Waals surface area contributed by atoms with Gasteiger partial charge in [0.05, 0.1) is 31.0 Å². The van der Waals surface area contributed by atoms with Gasteiger partial charge in [0.25, 0.3) is 23.2 Å². The molecule has 53 heavy (non-hydrogen) atoms. The quantitative estimate of drug-likeness (QED) is 0.0772. The highest BCUT2D eigenvalue weighted by atomic mass is 35.5. The number of carbonyl (C=O) groups is 2. The molecule has 0 saturated carbocycles. The van der Waals surface area contributed by atoms with Crippen molar-refractivity contribution >= 4 is 81.0 Å². The van der Waals surface area contributed by atoms with Crippen molar-refractivity contribution < 1.29 is 28.9 Å². The Hall–Kier alpha value is -5.40. The summed E-state index contributed by atoms with van der Waals surface area (Å²) >= 11 is 24.9. The van der Waals surface area contributed by atoms with Crippen molar-refractivity contribution in [3.05, 3.63) is 160 Å². The molecule has 0 spiro atoms. The van der Waals surface area contributed by atoms with Crippen LogP contribution >= 0.6 is 46.4 Å². The molecule has 0 aliphatic carbocycles. The molecular formula is C37H24Cl4N4O8. The first kappa shape index (κ1) is 36.0. The van der Waals surface area contributed by atoms with Crippen LogP contribution in [0.3, 0.4) is 0 Å². The first-order chi connectivity index (χ1) is 25.3. The molecule has 12 nitrogen and oxygen atoms in total. The van der Waals surface area contributed by atoms with Gasteiger partial charge in [0, 0.05) is 33.6 Å². The van der Waals surface area contributed by atoms with E-state index in [1.54, 1.807) is 37.3 Å². The molecule has 2 heterocycles. The van der Waals surface area contributed by atoms with Gasteiger partial charge < -0.3 is 9.47 Å². The Morgan fingerprint density at radius 2 is 1.06 bits per heavy atom. The van der Waals surface area contributed by atoms with Gasteiger partial charge in [0.2, 0.25) is 12.2 Å². The van der Waals surface area contributed by atoms with Crippen LogP contribution in [0, 0.1) is 27.2 Å². The normalized spacial score (nSPS) is 19.3. The van der Waals surface area contributed by atoms with Crippen LogP contribution in [0.4, 0.5) is 22.7 Å². The second-order valence-electron chi connectivity index (χ2n) is 12.1. The summed E-state index contributed by atoms with van der Waals surface area (Å²) in [6.45, 7) is 1.74. The standard InChI is InChI=1S/C37H24Cl4N4O8/c1-19-10-13-22(42-32(23-6-2-4-8-27(23)44(48)49)34(36(42)46)52-30-14-11-20(38)16-25(30)40)18-29(19)43-33(24-7-3-5-9-28(24)45(50)51)35(37(43)47)53-31-15-12-21(39)17-26(31)41/h2-18,32-35H,1H3. The predicted octanol–water partition coefficient (Wildman–Crippen LogP) is 9.50. The van der Waals surface area contributed by atoms with E-state index in [2.05, 4.69) is 0 Å². The fraction of sp³-hybridized carbons (Fsp3) is 0.135. The van der Waals surface area contributed by atoms with Crippen molar-refractivity contribution in [3.63, 3.8) is 0 Å². The van der Waals surface area contributed by atoms with Crippen molar-refractivity contribution in [2.24, 2.45) is 0 Å². The number of β-lactam (4-membered cyclic amide) rings is 2. The fourth-order valence-electron chi connectivity index (χ4n) is 6.55. The highest BCUT2D eigenvalue weighted by molar-refractivity contribution is 6.36. The number of halogens is 4. The molecule has 7 rings (SSSR count). The van der Waals surface area contributed by atoms with Crippen LogP contribution in [0.2, 0.25) is 20.1 Å².